The van der Waals surface area contributed by atoms with E-state index in [0.717, 1.165) is 5.57 Å². The summed E-state index contributed by atoms with van der Waals surface area (Å²) in [5.74, 6) is 0. The van der Waals surface area contributed by atoms with E-state index in [-0.39, 0.29) is 0 Å². The predicted molar refractivity (Wildman–Crippen MR) is 43.7 cm³/mol. The van der Waals surface area contributed by atoms with Crippen molar-refractivity contribution in [2.75, 3.05) is 0 Å². The summed E-state index contributed by atoms with van der Waals surface area (Å²) in [4.78, 5) is 0. The molecule has 0 aliphatic rings. The molecule has 0 aromatic heterocycles. The average molecular weight is 163 g/mol. The first-order valence-electron chi connectivity index (χ1n) is 2.43. The highest BCUT2D eigenvalue weighted by Gasteiger charge is 1.96. The van der Waals surface area contributed by atoms with Crippen molar-refractivity contribution in [3.8, 4) is 0 Å². The lowest BCUT2D eigenvalue weighted by Crippen LogP contribution is -1.74. The highest BCUT2D eigenvalue weighted by Crippen LogP contribution is 2.20. The van der Waals surface area contributed by atoms with Crippen LogP contribution in [0.3, 0.4) is 0 Å². The Bertz CT molecular complexity index is 166. The molecule has 0 spiro atoms. The third kappa shape index (κ3) is 2.73. The summed E-state index contributed by atoms with van der Waals surface area (Å²) in [5, 5.41) is 0.834. The third-order valence-corrected chi connectivity index (χ3v) is 1.70. The molecular weight excluding hydrogens is 155 g/mol. The quantitative estimate of drug-likeness (QED) is 0.547. The molecule has 50 valence electrons. The Morgan fingerprint density at radius 3 is 2.00 bits per heavy atom. The van der Waals surface area contributed by atoms with E-state index in [9.17, 15) is 0 Å². The molecular formula is C7H8Cl2. The van der Waals surface area contributed by atoms with Crippen LogP contribution >= 0.6 is 23.2 Å². The Kier molecular flexibility index (Phi) is 3.67. The second-order valence-corrected chi connectivity index (χ2v) is 2.44. The molecule has 0 rings (SSSR count). The fourth-order valence-corrected chi connectivity index (χ4v) is 0.530. The van der Waals surface area contributed by atoms with Crippen molar-refractivity contribution in [1.82, 2.24) is 0 Å². The van der Waals surface area contributed by atoms with E-state index in [1.807, 2.05) is 6.92 Å². The summed E-state index contributed by atoms with van der Waals surface area (Å²) in [5.41, 5.74) is 0.844. The van der Waals surface area contributed by atoms with Gasteiger partial charge in [-0.15, -0.1) is 0 Å². The molecule has 0 radical (unpaired) electrons. The monoisotopic (exact) mass is 162 g/mol. The van der Waals surface area contributed by atoms with Crippen molar-refractivity contribution in [3.05, 3.63) is 34.9 Å². The first-order chi connectivity index (χ1) is 4.09. The van der Waals surface area contributed by atoms with Crippen molar-refractivity contribution in [3.63, 3.8) is 0 Å². The molecule has 0 atom stereocenters. The van der Waals surface area contributed by atoms with Crippen LogP contribution in [-0.2, 0) is 0 Å². The predicted octanol–water partition coefficient (Wildman–Crippen LogP) is 3.44. The van der Waals surface area contributed by atoms with Crippen LogP contribution in [0.25, 0.3) is 0 Å². The fraction of sp³-hybridized carbons (Fsp3) is 0.143. The number of hydrogen-bond acceptors (Lipinski definition) is 0. The van der Waals surface area contributed by atoms with Crippen molar-refractivity contribution in [2.45, 2.75) is 6.92 Å². The zero-order valence-corrected chi connectivity index (χ0v) is 6.76. The Morgan fingerprint density at radius 2 is 1.89 bits per heavy atom. The first-order valence-corrected chi connectivity index (χ1v) is 3.18. The molecule has 0 fully saturated rings. The van der Waals surface area contributed by atoms with Crippen LogP contribution in [0.15, 0.2) is 34.9 Å². The second-order valence-electron chi connectivity index (χ2n) is 1.61. The molecule has 9 heavy (non-hydrogen) atoms. The molecule has 0 amide bonds. The standard InChI is InChI=1S/C7H8Cl2/c1-4-5(2)7(9)6(3)8/h4H,1,3H2,2H3/b7-5+. The van der Waals surface area contributed by atoms with E-state index in [2.05, 4.69) is 13.2 Å². The van der Waals surface area contributed by atoms with Gasteiger partial charge in [0.2, 0.25) is 0 Å². The fourth-order valence-electron chi connectivity index (χ4n) is 0.304. The van der Waals surface area contributed by atoms with Gasteiger partial charge in [-0.25, -0.2) is 0 Å². The molecule has 0 aromatic carbocycles. The zero-order valence-electron chi connectivity index (χ0n) is 5.25. The molecule has 0 aliphatic heterocycles. The lowest BCUT2D eigenvalue weighted by atomic mass is 10.3. The largest absolute Gasteiger partial charge is 0.0987 e. The molecule has 0 N–H and O–H groups in total. The van der Waals surface area contributed by atoms with E-state index < -0.39 is 0 Å². The molecule has 0 aliphatic carbocycles. The lowest BCUT2D eigenvalue weighted by molar-refractivity contribution is 1.50. The Labute approximate surface area is 65.5 Å². The molecule has 2 heteroatoms. The average Bonchev–Trinajstić information content (AvgIpc) is 1.84. The van der Waals surface area contributed by atoms with Gasteiger partial charge in [0.05, 0.1) is 10.1 Å². The van der Waals surface area contributed by atoms with Gasteiger partial charge in [-0.2, -0.15) is 0 Å². The van der Waals surface area contributed by atoms with E-state index >= 15 is 0 Å². The zero-order chi connectivity index (χ0) is 7.44. The van der Waals surface area contributed by atoms with Gasteiger partial charge in [-0.3, -0.25) is 0 Å². The van der Waals surface area contributed by atoms with Crippen molar-refractivity contribution >= 4 is 23.2 Å². The lowest BCUT2D eigenvalue weighted by Gasteiger charge is -1.95. The normalized spacial score (nSPS) is 12.3. The van der Waals surface area contributed by atoms with Gasteiger partial charge in [-0.05, 0) is 12.5 Å². The van der Waals surface area contributed by atoms with Gasteiger partial charge in [-0.1, -0.05) is 42.4 Å². The van der Waals surface area contributed by atoms with Gasteiger partial charge in [0.1, 0.15) is 0 Å². The minimum Gasteiger partial charge on any atom is -0.0987 e. The van der Waals surface area contributed by atoms with E-state index in [1.54, 1.807) is 6.08 Å². The van der Waals surface area contributed by atoms with E-state index in [4.69, 9.17) is 23.2 Å². The van der Waals surface area contributed by atoms with Crippen LogP contribution in [0.1, 0.15) is 6.92 Å². The minimum absolute atomic E-state index is 0.356. The molecule has 0 nitrogen and oxygen atoms in total. The molecule has 0 aromatic rings. The highest BCUT2D eigenvalue weighted by molar-refractivity contribution is 6.44. The molecule has 0 bridgehead atoms. The van der Waals surface area contributed by atoms with Crippen LogP contribution in [0.2, 0.25) is 0 Å². The Balaban J connectivity index is 4.47. The van der Waals surface area contributed by atoms with Gasteiger partial charge >= 0.3 is 0 Å². The summed E-state index contributed by atoms with van der Waals surface area (Å²) in [7, 11) is 0. The van der Waals surface area contributed by atoms with Crippen LogP contribution in [-0.4, -0.2) is 0 Å². The van der Waals surface area contributed by atoms with Gasteiger partial charge < -0.3 is 0 Å². The van der Waals surface area contributed by atoms with Gasteiger partial charge in [0, 0.05) is 0 Å². The van der Waals surface area contributed by atoms with Gasteiger partial charge in [0.25, 0.3) is 0 Å². The van der Waals surface area contributed by atoms with E-state index in [1.165, 1.54) is 0 Å². The molecule has 0 saturated carbocycles. The Morgan fingerprint density at radius 1 is 1.44 bits per heavy atom. The maximum absolute atomic E-state index is 5.64. The summed E-state index contributed by atoms with van der Waals surface area (Å²) in [6.45, 7) is 8.80. The topological polar surface area (TPSA) is 0 Å². The molecule has 0 unspecified atom stereocenters. The first kappa shape index (κ1) is 8.80. The van der Waals surface area contributed by atoms with Crippen molar-refractivity contribution in [1.29, 1.82) is 0 Å². The van der Waals surface area contributed by atoms with E-state index in [0.29, 0.717) is 10.1 Å². The summed E-state index contributed by atoms with van der Waals surface area (Å²) >= 11 is 11.1. The number of halogens is 2. The van der Waals surface area contributed by atoms with Crippen LogP contribution in [0, 0.1) is 0 Å². The van der Waals surface area contributed by atoms with Crippen LogP contribution in [0.4, 0.5) is 0 Å². The van der Waals surface area contributed by atoms with Crippen molar-refractivity contribution < 1.29 is 0 Å². The maximum Gasteiger partial charge on any atom is 0.0615 e. The highest BCUT2D eigenvalue weighted by atomic mass is 35.5. The Hall–Kier alpha value is -0.200. The second kappa shape index (κ2) is 3.76. The maximum atomic E-state index is 5.64. The minimum atomic E-state index is 0.356. The molecule has 0 saturated heterocycles. The number of hydrogen-bond donors (Lipinski definition) is 0. The van der Waals surface area contributed by atoms with Gasteiger partial charge in [0.15, 0.2) is 0 Å². The summed E-state index contributed by atoms with van der Waals surface area (Å²) < 4.78 is 0. The number of rotatable bonds is 2. The SMILES string of the molecule is C=C/C(C)=C(/Cl)C(=C)Cl. The van der Waals surface area contributed by atoms with Crippen molar-refractivity contribution in [2.24, 2.45) is 0 Å². The van der Waals surface area contributed by atoms with Crippen LogP contribution < -0.4 is 0 Å². The number of allylic oxidation sites excluding steroid dienone is 4. The smallest absolute Gasteiger partial charge is 0.0615 e. The van der Waals surface area contributed by atoms with Crippen LogP contribution in [0.5, 0.6) is 0 Å². The molecule has 0 heterocycles. The third-order valence-electron chi connectivity index (χ3n) is 0.891. The summed E-state index contributed by atoms with van der Waals surface area (Å²) in [6, 6.07) is 0. The summed E-state index contributed by atoms with van der Waals surface area (Å²) in [6.07, 6.45) is 1.63.